The lowest BCUT2D eigenvalue weighted by molar-refractivity contribution is -0.683. The van der Waals surface area contributed by atoms with Gasteiger partial charge in [0.1, 0.15) is 6.04 Å². The number of hydrogen-bond acceptors (Lipinski definition) is 4. The van der Waals surface area contributed by atoms with Gasteiger partial charge in [-0.05, 0) is 19.1 Å². The van der Waals surface area contributed by atoms with E-state index in [4.69, 9.17) is 4.74 Å². The molecule has 1 aromatic rings. The number of nitrogens with one attached hydrogen (secondary N) is 1. The third kappa shape index (κ3) is 5.81. The van der Waals surface area contributed by atoms with E-state index in [9.17, 15) is 14.7 Å². The van der Waals surface area contributed by atoms with Crippen LogP contribution in [0.15, 0.2) is 24.3 Å². The molecule has 20 heavy (non-hydrogen) atoms. The maximum Gasteiger partial charge on any atom is 0.230 e. The van der Waals surface area contributed by atoms with E-state index in [1.807, 2.05) is 19.1 Å². The number of carbonyl (C=O) groups is 2. The van der Waals surface area contributed by atoms with Gasteiger partial charge in [0.25, 0.3) is 0 Å². The minimum atomic E-state index is -1.25. The molecule has 0 fully saturated rings. The molecule has 0 spiro atoms. The molecule has 1 atom stereocenters. The molecule has 0 aliphatic rings. The van der Waals surface area contributed by atoms with Crippen molar-refractivity contribution < 1.29 is 24.7 Å². The monoisotopic (exact) mass is 280 g/mol. The van der Waals surface area contributed by atoms with Gasteiger partial charge in [0, 0.05) is 12.8 Å². The number of carboxylic acid groups (broad SMARTS) is 1. The largest absolute Gasteiger partial charge is 0.544 e. The van der Waals surface area contributed by atoms with Crippen molar-refractivity contribution in [3.05, 3.63) is 29.8 Å². The van der Waals surface area contributed by atoms with Gasteiger partial charge in [-0.15, -0.1) is 0 Å². The molecular weight excluding hydrogens is 260 g/mol. The summed E-state index contributed by atoms with van der Waals surface area (Å²) in [5.41, 5.74) is 1.73. The fourth-order valence-corrected chi connectivity index (χ4v) is 1.70. The first-order valence-corrected chi connectivity index (χ1v) is 6.42. The van der Waals surface area contributed by atoms with Gasteiger partial charge in [-0.1, -0.05) is 17.7 Å². The zero-order valence-electron chi connectivity index (χ0n) is 11.7. The molecule has 1 amide bonds. The van der Waals surface area contributed by atoms with Gasteiger partial charge < -0.3 is 25.3 Å². The van der Waals surface area contributed by atoms with Gasteiger partial charge in [-0.3, -0.25) is 4.79 Å². The highest BCUT2D eigenvalue weighted by atomic mass is 16.5. The maximum absolute atomic E-state index is 11.8. The van der Waals surface area contributed by atoms with Crippen LogP contribution >= 0.6 is 0 Å². The van der Waals surface area contributed by atoms with Gasteiger partial charge >= 0.3 is 0 Å². The molecule has 1 rings (SSSR count). The fraction of sp³-hybridized carbons (Fsp3) is 0.429. The molecule has 0 aliphatic carbocycles. The number of rotatable bonds is 8. The first-order valence-electron chi connectivity index (χ1n) is 6.42. The molecule has 6 heteroatoms. The smallest absolute Gasteiger partial charge is 0.230 e. The van der Waals surface area contributed by atoms with Crippen LogP contribution in [0.4, 0.5) is 5.69 Å². The van der Waals surface area contributed by atoms with E-state index in [1.165, 1.54) is 12.4 Å². The summed E-state index contributed by atoms with van der Waals surface area (Å²) in [7, 11) is 1.53. The summed E-state index contributed by atoms with van der Waals surface area (Å²) in [4.78, 5) is 22.8. The zero-order chi connectivity index (χ0) is 15.0. The normalized spacial score (nSPS) is 11.9. The average Bonchev–Trinajstić information content (AvgIpc) is 2.40. The van der Waals surface area contributed by atoms with Crippen LogP contribution in [0, 0.1) is 6.92 Å². The Morgan fingerprint density at radius 3 is 2.55 bits per heavy atom. The van der Waals surface area contributed by atoms with Crippen molar-refractivity contribution in [3.8, 4) is 0 Å². The van der Waals surface area contributed by atoms with Crippen molar-refractivity contribution in [1.29, 1.82) is 0 Å². The number of benzene rings is 1. The summed E-state index contributed by atoms with van der Waals surface area (Å²) in [6, 6.07) is 6.38. The topological polar surface area (TPSA) is 95.1 Å². The second-order valence-electron chi connectivity index (χ2n) is 4.56. The number of aliphatic carboxylic acids is 1. The van der Waals surface area contributed by atoms with Gasteiger partial charge in [-0.25, -0.2) is 0 Å². The molecule has 0 radical (unpaired) electrons. The second kappa shape index (κ2) is 8.29. The van der Waals surface area contributed by atoms with Crippen LogP contribution in [0.2, 0.25) is 0 Å². The molecular formula is C14H20N2O4. The second-order valence-corrected chi connectivity index (χ2v) is 4.56. The minimum absolute atomic E-state index is 0.139. The third-order valence-electron chi connectivity index (χ3n) is 2.82. The number of amides is 1. The summed E-state index contributed by atoms with van der Waals surface area (Å²) >= 11 is 0. The lowest BCUT2D eigenvalue weighted by Gasteiger charge is -2.16. The lowest BCUT2D eigenvalue weighted by Crippen LogP contribution is -2.94. The van der Waals surface area contributed by atoms with E-state index in [0.717, 1.165) is 5.56 Å². The predicted octanol–water partition coefficient (Wildman–Crippen LogP) is -1.35. The fourth-order valence-electron chi connectivity index (χ4n) is 1.70. The number of hydrogen-bond donors (Lipinski definition) is 2. The Hall–Kier alpha value is -1.92. The Labute approximate surface area is 118 Å². The SMILES string of the molecule is COCC[NH2+][C@H](CC(=O)Nc1ccc(C)cc1)C(=O)[O-]. The Morgan fingerprint density at radius 2 is 2.00 bits per heavy atom. The van der Waals surface area contributed by atoms with E-state index in [-0.39, 0.29) is 12.3 Å². The van der Waals surface area contributed by atoms with Crippen LogP contribution in [0.25, 0.3) is 0 Å². The molecule has 3 N–H and O–H groups in total. The zero-order valence-corrected chi connectivity index (χ0v) is 11.7. The van der Waals surface area contributed by atoms with Crippen molar-refractivity contribution in [1.82, 2.24) is 0 Å². The van der Waals surface area contributed by atoms with Crippen LogP contribution in [-0.4, -0.2) is 38.2 Å². The first kappa shape index (κ1) is 16.1. The Kier molecular flexibility index (Phi) is 6.69. The predicted molar refractivity (Wildman–Crippen MR) is 71.9 cm³/mol. The highest BCUT2D eigenvalue weighted by Gasteiger charge is 2.18. The first-order chi connectivity index (χ1) is 9.52. The van der Waals surface area contributed by atoms with E-state index >= 15 is 0 Å². The molecule has 0 bridgehead atoms. The molecule has 110 valence electrons. The molecule has 0 aromatic heterocycles. The molecule has 0 unspecified atom stereocenters. The molecule has 0 heterocycles. The van der Waals surface area contributed by atoms with Crippen molar-refractivity contribution >= 4 is 17.6 Å². The summed E-state index contributed by atoms with van der Waals surface area (Å²) in [6.07, 6.45) is -0.139. The van der Waals surface area contributed by atoms with E-state index in [2.05, 4.69) is 5.32 Å². The van der Waals surface area contributed by atoms with Crippen molar-refractivity contribution in [2.24, 2.45) is 0 Å². The number of anilines is 1. The number of carboxylic acids is 1. The lowest BCUT2D eigenvalue weighted by atomic mass is 10.2. The van der Waals surface area contributed by atoms with E-state index in [1.54, 1.807) is 12.1 Å². The Morgan fingerprint density at radius 1 is 1.35 bits per heavy atom. The van der Waals surface area contributed by atoms with Crippen molar-refractivity contribution in [3.63, 3.8) is 0 Å². The summed E-state index contributed by atoms with van der Waals surface area (Å²) in [5.74, 6) is -1.60. The molecule has 6 nitrogen and oxygen atoms in total. The van der Waals surface area contributed by atoms with E-state index in [0.29, 0.717) is 18.8 Å². The number of methoxy groups -OCH3 is 1. The highest BCUT2D eigenvalue weighted by Crippen LogP contribution is 2.08. The van der Waals surface area contributed by atoms with Crippen LogP contribution in [-0.2, 0) is 14.3 Å². The quantitative estimate of drug-likeness (QED) is 0.576. The van der Waals surface area contributed by atoms with Crippen LogP contribution in [0.3, 0.4) is 0 Å². The average molecular weight is 280 g/mol. The molecule has 0 saturated heterocycles. The summed E-state index contributed by atoms with van der Waals surface area (Å²) in [5, 5.41) is 15.2. The standard InChI is InChI=1S/C14H20N2O4/c1-10-3-5-11(6-4-10)16-13(17)9-12(14(18)19)15-7-8-20-2/h3-6,12,15H,7-9H2,1-2H3,(H,16,17)(H,18,19)/t12-/m1/s1. The van der Waals surface area contributed by atoms with Gasteiger partial charge in [0.2, 0.25) is 5.91 Å². The number of ether oxygens (including phenoxy) is 1. The molecule has 1 aromatic carbocycles. The van der Waals surface area contributed by atoms with Gasteiger partial charge in [0.05, 0.1) is 25.5 Å². The maximum atomic E-state index is 11.8. The number of carbonyl (C=O) groups excluding carboxylic acids is 2. The Bertz CT molecular complexity index is 445. The Balaban J connectivity index is 2.48. The van der Waals surface area contributed by atoms with Crippen molar-refractivity contribution in [2.45, 2.75) is 19.4 Å². The van der Waals surface area contributed by atoms with Crippen LogP contribution in [0.1, 0.15) is 12.0 Å². The summed E-state index contributed by atoms with van der Waals surface area (Å²) in [6.45, 7) is 2.83. The number of aryl methyl sites for hydroxylation is 1. The highest BCUT2D eigenvalue weighted by molar-refractivity contribution is 5.93. The van der Waals surface area contributed by atoms with Gasteiger partial charge in [0.15, 0.2) is 0 Å². The molecule has 0 aliphatic heterocycles. The molecule has 0 saturated carbocycles. The third-order valence-corrected chi connectivity index (χ3v) is 2.82. The summed E-state index contributed by atoms with van der Waals surface area (Å²) < 4.78 is 4.84. The van der Waals surface area contributed by atoms with Crippen LogP contribution in [0.5, 0.6) is 0 Å². The van der Waals surface area contributed by atoms with E-state index < -0.39 is 12.0 Å². The van der Waals surface area contributed by atoms with Gasteiger partial charge in [-0.2, -0.15) is 0 Å². The van der Waals surface area contributed by atoms with Crippen molar-refractivity contribution in [2.75, 3.05) is 25.6 Å². The van der Waals surface area contributed by atoms with Crippen LogP contribution < -0.4 is 15.7 Å². The number of nitrogens with two attached hydrogens (primary N) is 1. The number of quaternary nitrogens is 1. The minimum Gasteiger partial charge on any atom is -0.544 e.